The third-order valence-electron chi connectivity index (χ3n) is 3.53. The van der Waals surface area contributed by atoms with Crippen LogP contribution >= 0.6 is 0 Å². The van der Waals surface area contributed by atoms with Crippen LogP contribution in [0.3, 0.4) is 0 Å². The molecule has 2 aromatic rings. The smallest absolute Gasteiger partial charge is 0.276 e. The van der Waals surface area contributed by atoms with Gasteiger partial charge in [0.1, 0.15) is 0 Å². The Kier molecular flexibility index (Phi) is 2.09. The second kappa shape index (κ2) is 3.47. The van der Waals surface area contributed by atoms with Crippen molar-refractivity contribution >= 4 is 5.65 Å². The lowest BCUT2D eigenvalue weighted by Crippen LogP contribution is -2.23. The normalized spacial score (nSPS) is 17.3. The molecule has 0 amide bonds. The molecule has 0 aromatic carbocycles. The molecule has 0 saturated heterocycles. The van der Waals surface area contributed by atoms with E-state index in [2.05, 4.69) is 10.1 Å². The second-order valence-corrected chi connectivity index (χ2v) is 4.55. The summed E-state index contributed by atoms with van der Waals surface area (Å²) in [7, 11) is 0. The molecule has 0 radical (unpaired) electrons. The molecule has 0 bridgehead atoms. The van der Waals surface area contributed by atoms with Crippen LogP contribution in [0.4, 0.5) is 0 Å². The van der Waals surface area contributed by atoms with Gasteiger partial charge in [-0.1, -0.05) is 12.8 Å². The van der Waals surface area contributed by atoms with Gasteiger partial charge in [-0.15, -0.1) is 0 Å². The lowest BCUT2D eigenvalue weighted by atomic mass is 9.98. The molecule has 4 heteroatoms. The lowest BCUT2D eigenvalue weighted by Gasteiger charge is -2.11. The Balaban J connectivity index is 2.26. The number of H-pyrrole nitrogens is 1. The van der Waals surface area contributed by atoms with Crippen molar-refractivity contribution in [2.24, 2.45) is 0 Å². The number of fused-ring (bicyclic) bond motifs is 1. The number of nitrogens with one attached hydrogen (secondary N) is 1. The van der Waals surface area contributed by atoms with E-state index in [1.165, 1.54) is 12.8 Å². The maximum absolute atomic E-state index is 12.3. The predicted octanol–water partition coefficient (Wildman–Crippen LogP) is 1.99. The van der Waals surface area contributed by atoms with E-state index in [0.29, 0.717) is 11.6 Å². The van der Waals surface area contributed by atoms with Gasteiger partial charge in [-0.2, -0.15) is 0 Å². The third kappa shape index (κ3) is 1.29. The van der Waals surface area contributed by atoms with Crippen LogP contribution in [0.2, 0.25) is 0 Å². The van der Waals surface area contributed by atoms with Gasteiger partial charge in [0.15, 0.2) is 5.65 Å². The summed E-state index contributed by atoms with van der Waals surface area (Å²) in [6.45, 7) is 1.95. The first-order valence-corrected chi connectivity index (χ1v) is 5.84. The highest BCUT2D eigenvalue weighted by Gasteiger charge is 2.23. The Morgan fingerprint density at radius 1 is 1.44 bits per heavy atom. The van der Waals surface area contributed by atoms with Crippen LogP contribution in [0.5, 0.6) is 0 Å². The van der Waals surface area contributed by atoms with E-state index >= 15 is 0 Å². The summed E-state index contributed by atoms with van der Waals surface area (Å²) in [6, 6.07) is 1.83. The van der Waals surface area contributed by atoms with E-state index in [-0.39, 0.29) is 5.56 Å². The van der Waals surface area contributed by atoms with Crippen molar-refractivity contribution < 1.29 is 0 Å². The predicted molar refractivity (Wildman–Crippen MR) is 61.8 cm³/mol. The van der Waals surface area contributed by atoms with Gasteiger partial charge in [-0.3, -0.25) is 9.89 Å². The summed E-state index contributed by atoms with van der Waals surface area (Å²) in [5.41, 5.74) is 2.61. The van der Waals surface area contributed by atoms with Crippen LogP contribution in [0, 0.1) is 6.92 Å². The van der Waals surface area contributed by atoms with Crippen LogP contribution < -0.4 is 5.56 Å². The number of aromatic nitrogens is 3. The average molecular weight is 217 g/mol. The molecule has 84 valence electrons. The van der Waals surface area contributed by atoms with Gasteiger partial charge in [-0.05, 0) is 25.7 Å². The molecule has 0 spiro atoms. The lowest BCUT2D eigenvalue weighted by molar-refractivity contribution is 0.687. The topological polar surface area (TPSA) is 50.2 Å². The number of hydrogen-bond acceptors (Lipinski definition) is 2. The summed E-state index contributed by atoms with van der Waals surface area (Å²) in [5.74, 6) is 0.417. The Morgan fingerprint density at radius 2 is 2.19 bits per heavy atom. The van der Waals surface area contributed by atoms with Gasteiger partial charge in [-0.25, -0.2) is 9.50 Å². The minimum atomic E-state index is 0.0828. The van der Waals surface area contributed by atoms with E-state index in [1.54, 1.807) is 10.7 Å². The molecule has 2 heterocycles. The number of aromatic amines is 1. The van der Waals surface area contributed by atoms with Crippen molar-refractivity contribution in [2.75, 3.05) is 0 Å². The molecule has 1 N–H and O–H groups in total. The molecule has 1 aliphatic rings. The first-order valence-electron chi connectivity index (χ1n) is 5.84. The summed E-state index contributed by atoms with van der Waals surface area (Å²) in [6.07, 6.45) is 6.48. The van der Waals surface area contributed by atoms with Gasteiger partial charge in [0.05, 0.1) is 0 Å². The molecule has 0 aliphatic heterocycles. The standard InChI is InChI=1S/C12H15N3O/c1-8-11(9-4-2-3-5-9)12(16)15-10(14-8)6-7-13-15/h6-7,9,13H,2-5H2,1H3. The van der Waals surface area contributed by atoms with Crippen molar-refractivity contribution in [3.8, 4) is 0 Å². The second-order valence-electron chi connectivity index (χ2n) is 4.55. The Labute approximate surface area is 93.3 Å². The largest absolute Gasteiger partial charge is 0.297 e. The van der Waals surface area contributed by atoms with E-state index in [0.717, 1.165) is 24.1 Å². The van der Waals surface area contributed by atoms with Crippen LogP contribution in [-0.2, 0) is 0 Å². The first-order chi connectivity index (χ1) is 7.77. The highest BCUT2D eigenvalue weighted by molar-refractivity contribution is 5.39. The molecule has 1 fully saturated rings. The SMILES string of the molecule is Cc1nc2cc[nH]n2c(=O)c1C1CCCC1. The molecule has 1 aliphatic carbocycles. The highest BCUT2D eigenvalue weighted by atomic mass is 16.1. The molecule has 4 nitrogen and oxygen atoms in total. The quantitative estimate of drug-likeness (QED) is 0.794. The Hall–Kier alpha value is -1.58. The first kappa shape index (κ1) is 9.63. The Bertz CT molecular complexity index is 575. The van der Waals surface area contributed by atoms with Crippen molar-refractivity contribution in [1.29, 1.82) is 0 Å². The third-order valence-corrected chi connectivity index (χ3v) is 3.53. The molecule has 0 atom stereocenters. The minimum Gasteiger partial charge on any atom is -0.297 e. The van der Waals surface area contributed by atoms with Crippen molar-refractivity contribution in [2.45, 2.75) is 38.5 Å². The number of rotatable bonds is 1. The minimum absolute atomic E-state index is 0.0828. The molecule has 3 rings (SSSR count). The fourth-order valence-corrected chi connectivity index (χ4v) is 2.77. The fourth-order valence-electron chi connectivity index (χ4n) is 2.77. The summed E-state index contributed by atoms with van der Waals surface area (Å²) in [5, 5.41) is 2.92. The summed E-state index contributed by atoms with van der Waals surface area (Å²) >= 11 is 0. The van der Waals surface area contributed by atoms with Gasteiger partial charge in [0.25, 0.3) is 5.56 Å². The van der Waals surface area contributed by atoms with Crippen molar-refractivity contribution in [1.82, 2.24) is 14.6 Å². The average Bonchev–Trinajstić information content (AvgIpc) is 2.87. The van der Waals surface area contributed by atoms with E-state index < -0.39 is 0 Å². The zero-order chi connectivity index (χ0) is 11.1. The van der Waals surface area contributed by atoms with Crippen LogP contribution in [0.15, 0.2) is 17.1 Å². The number of hydrogen-bond donors (Lipinski definition) is 1. The van der Waals surface area contributed by atoms with E-state index in [1.807, 2.05) is 13.0 Å². The molecule has 0 unspecified atom stereocenters. The zero-order valence-corrected chi connectivity index (χ0v) is 9.36. The molecule has 16 heavy (non-hydrogen) atoms. The van der Waals surface area contributed by atoms with Crippen molar-refractivity contribution in [3.63, 3.8) is 0 Å². The molecular weight excluding hydrogens is 202 g/mol. The Morgan fingerprint density at radius 3 is 2.94 bits per heavy atom. The number of nitrogens with zero attached hydrogens (tertiary/aromatic N) is 2. The van der Waals surface area contributed by atoms with Gasteiger partial charge in [0, 0.05) is 23.5 Å². The van der Waals surface area contributed by atoms with E-state index in [4.69, 9.17) is 0 Å². The maximum atomic E-state index is 12.3. The zero-order valence-electron chi connectivity index (χ0n) is 9.36. The van der Waals surface area contributed by atoms with Crippen LogP contribution in [0.1, 0.15) is 42.9 Å². The van der Waals surface area contributed by atoms with Gasteiger partial charge < -0.3 is 0 Å². The van der Waals surface area contributed by atoms with Crippen molar-refractivity contribution in [3.05, 3.63) is 33.9 Å². The molecular formula is C12H15N3O. The summed E-state index contributed by atoms with van der Waals surface area (Å²) < 4.78 is 1.54. The van der Waals surface area contributed by atoms with Crippen LogP contribution in [-0.4, -0.2) is 14.6 Å². The fraction of sp³-hybridized carbons (Fsp3) is 0.500. The van der Waals surface area contributed by atoms with Crippen LogP contribution in [0.25, 0.3) is 5.65 Å². The molecule has 1 saturated carbocycles. The monoisotopic (exact) mass is 217 g/mol. The number of aryl methyl sites for hydroxylation is 1. The van der Waals surface area contributed by atoms with Gasteiger partial charge in [0.2, 0.25) is 0 Å². The van der Waals surface area contributed by atoms with E-state index in [9.17, 15) is 4.79 Å². The van der Waals surface area contributed by atoms with Gasteiger partial charge >= 0.3 is 0 Å². The highest BCUT2D eigenvalue weighted by Crippen LogP contribution is 2.33. The maximum Gasteiger partial charge on any atom is 0.276 e. The summed E-state index contributed by atoms with van der Waals surface area (Å²) in [4.78, 5) is 16.8. The molecule has 2 aromatic heterocycles.